The Balaban J connectivity index is 2.86. The van der Waals surface area contributed by atoms with E-state index in [0.29, 0.717) is 0 Å². The summed E-state index contributed by atoms with van der Waals surface area (Å²) in [6.07, 6.45) is 4.23. The maximum Gasteiger partial charge on any atom is 0.334 e. The van der Waals surface area contributed by atoms with Crippen molar-refractivity contribution < 1.29 is 9.53 Å². The van der Waals surface area contributed by atoms with Crippen molar-refractivity contribution >= 4 is 5.97 Å². The van der Waals surface area contributed by atoms with E-state index in [4.69, 9.17) is 4.74 Å². The summed E-state index contributed by atoms with van der Waals surface area (Å²) < 4.78 is 5.11. The van der Waals surface area contributed by atoms with Crippen molar-refractivity contribution in [3.8, 4) is 0 Å². The Bertz CT molecular complexity index is 297. The first-order chi connectivity index (χ1) is 6.56. The van der Waals surface area contributed by atoms with E-state index in [1.165, 1.54) is 5.57 Å². The third-order valence-corrected chi connectivity index (χ3v) is 2.51. The SMILES string of the molecule is CCCC(C)=CC1=C(C)C(=O)OC1C. The van der Waals surface area contributed by atoms with Gasteiger partial charge in [-0.05, 0) is 27.2 Å². The highest BCUT2D eigenvalue weighted by molar-refractivity contribution is 5.92. The Hall–Kier alpha value is -1.05. The number of ether oxygens (including phenoxy) is 1. The Kier molecular flexibility index (Phi) is 3.50. The molecule has 14 heavy (non-hydrogen) atoms. The van der Waals surface area contributed by atoms with E-state index >= 15 is 0 Å². The number of esters is 1. The monoisotopic (exact) mass is 194 g/mol. The van der Waals surface area contributed by atoms with Crippen LogP contribution in [0.2, 0.25) is 0 Å². The average molecular weight is 194 g/mol. The Morgan fingerprint density at radius 1 is 1.57 bits per heavy atom. The topological polar surface area (TPSA) is 26.3 Å². The molecule has 0 aliphatic carbocycles. The molecule has 0 aromatic heterocycles. The quantitative estimate of drug-likeness (QED) is 0.645. The second kappa shape index (κ2) is 4.45. The van der Waals surface area contributed by atoms with E-state index < -0.39 is 0 Å². The summed E-state index contributed by atoms with van der Waals surface area (Å²) in [4.78, 5) is 11.2. The molecule has 78 valence electrons. The number of hydrogen-bond donors (Lipinski definition) is 0. The molecule has 0 bridgehead atoms. The van der Waals surface area contributed by atoms with Crippen LogP contribution in [0.1, 0.15) is 40.5 Å². The average Bonchev–Trinajstić information content (AvgIpc) is 2.33. The highest BCUT2D eigenvalue weighted by atomic mass is 16.5. The first kappa shape index (κ1) is 11.0. The van der Waals surface area contributed by atoms with Crippen LogP contribution in [0.25, 0.3) is 0 Å². The van der Waals surface area contributed by atoms with Gasteiger partial charge in [0.2, 0.25) is 0 Å². The molecular weight excluding hydrogens is 176 g/mol. The molecule has 0 saturated heterocycles. The van der Waals surface area contributed by atoms with Crippen molar-refractivity contribution in [2.24, 2.45) is 0 Å². The van der Waals surface area contributed by atoms with Gasteiger partial charge >= 0.3 is 5.97 Å². The number of allylic oxidation sites excluding steroid dienone is 1. The van der Waals surface area contributed by atoms with Crippen LogP contribution < -0.4 is 0 Å². The summed E-state index contributed by atoms with van der Waals surface area (Å²) in [5, 5.41) is 0. The van der Waals surface area contributed by atoms with E-state index in [1.807, 2.05) is 13.8 Å². The Morgan fingerprint density at radius 3 is 2.64 bits per heavy atom. The molecule has 0 saturated carbocycles. The number of cyclic esters (lactones) is 1. The van der Waals surface area contributed by atoms with E-state index in [-0.39, 0.29) is 12.1 Å². The van der Waals surface area contributed by atoms with Gasteiger partial charge in [-0.15, -0.1) is 0 Å². The summed E-state index contributed by atoms with van der Waals surface area (Å²) in [6, 6.07) is 0. The molecule has 1 atom stereocenters. The van der Waals surface area contributed by atoms with E-state index in [2.05, 4.69) is 19.9 Å². The molecule has 0 N–H and O–H groups in total. The van der Waals surface area contributed by atoms with Crippen LogP contribution in [-0.4, -0.2) is 12.1 Å². The first-order valence-electron chi connectivity index (χ1n) is 5.15. The molecule has 1 aliphatic rings. The van der Waals surface area contributed by atoms with Crippen molar-refractivity contribution in [2.75, 3.05) is 0 Å². The minimum absolute atomic E-state index is 0.0747. The standard InChI is InChI=1S/C12H18O2/c1-5-6-8(2)7-11-9(3)12(13)14-10(11)4/h7,10H,5-6H2,1-4H3. The molecule has 2 heteroatoms. The van der Waals surface area contributed by atoms with E-state index in [0.717, 1.165) is 24.0 Å². The van der Waals surface area contributed by atoms with Gasteiger partial charge in [0.25, 0.3) is 0 Å². The molecule has 0 aromatic rings. The minimum Gasteiger partial charge on any atom is -0.454 e. The maximum atomic E-state index is 11.2. The van der Waals surface area contributed by atoms with Crippen molar-refractivity contribution in [3.63, 3.8) is 0 Å². The van der Waals surface area contributed by atoms with Gasteiger partial charge in [-0.3, -0.25) is 0 Å². The molecule has 0 aromatic carbocycles. The zero-order chi connectivity index (χ0) is 10.7. The van der Waals surface area contributed by atoms with Gasteiger partial charge in [0.05, 0.1) is 0 Å². The van der Waals surface area contributed by atoms with Gasteiger partial charge in [-0.2, -0.15) is 0 Å². The zero-order valence-electron chi connectivity index (χ0n) is 9.39. The normalized spacial score (nSPS) is 23.0. The minimum atomic E-state index is -0.173. The predicted octanol–water partition coefficient (Wildman–Crippen LogP) is 2.99. The molecule has 0 radical (unpaired) electrons. The molecule has 1 aliphatic heterocycles. The van der Waals surface area contributed by atoms with Crippen molar-refractivity contribution in [2.45, 2.75) is 46.6 Å². The lowest BCUT2D eigenvalue weighted by Crippen LogP contribution is -2.05. The van der Waals surface area contributed by atoms with Crippen molar-refractivity contribution in [1.29, 1.82) is 0 Å². The van der Waals surface area contributed by atoms with Gasteiger partial charge < -0.3 is 4.74 Å². The Labute approximate surface area is 85.6 Å². The third kappa shape index (κ3) is 2.25. The Morgan fingerprint density at radius 2 is 2.21 bits per heavy atom. The summed E-state index contributed by atoms with van der Waals surface area (Å²) in [5.41, 5.74) is 3.11. The molecule has 0 fully saturated rings. The van der Waals surface area contributed by atoms with Gasteiger partial charge in [0, 0.05) is 11.1 Å². The molecule has 1 rings (SSSR count). The van der Waals surface area contributed by atoms with Gasteiger partial charge in [0.15, 0.2) is 0 Å². The summed E-state index contributed by atoms with van der Waals surface area (Å²) in [7, 11) is 0. The lowest BCUT2D eigenvalue weighted by atomic mass is 10.0. The lowest BCUT2D eigenvalue weighted by Gasteiger charge is -2.05. The predicted molar refractivity (Wildman–Crippen MR) is 56.9 cm³/mol. The zero-order valence-corrected chi connectivity index (χ0v) is 9.39. The van der Waals surface area contributed by atoms with Crippen LogP contribution in [-0.2, 0) is 9.53 Å². The fourth-order valence-corrected chi connectivity index (χ4v) is 1.69. The number of carbonyl (C=O) groups excluding carboxylic acids is 1. The maximum absolute atomic E-state index is 11.2. The van der Waals surface area contributed by atoms with Crippen molar-refractivity contribution in [3.05, 3.63) is 22.8 Å². The highest BCUT2D eigenvalue weighted by Gasteiger charge is 2.26. The molecule has 1 heterocycles. The summed E-state index contributed by atoms with van der Waals surface area (Å²) >= 11 is 0. The highest BCUT2D eigenvalue weighted by Crippen LogP contribution is 2.24. The van der Waals surface area contributed by atoms with E-state index in [1.54, 1.807) is 0 Å². The second-order valence-corrected chi connectivity index (χ2v) is 3.87. The van der Waals surface area contributed by atoms with Crippen LogP contribution >= 0.6 is 0 Å². The summed E-state index contributed by atoms with van der Waals surface area (Å²) in [5.74, 6) is -0.173. The van der Waals surface area contributed by atoms with Crippen molar-refractivity contribution in [1.82, 2.24) is 0 Å². The third-order valence-electron chi connectivity index (χ3n) is 2.51. The van der Waals surface area contributed by atoms with Gasteiger partial charge in [0.1, 0.15) is 6.10 Å². The number of carbonyl (C=O) groups is 1. The lowest BCUT2D eigenvalue weighted by molar-refractivity contribution is -0.139. The molecular formula is C12H18O2. The number of hydrogen-bond acceptors (Lipinski definition) is 2. The van der Waals surface area contributed by atoms with Crippen LogP contribution in [0.3, 0.4) is 0 Å². The summed E-state index contributed by atoms with van der Waals surface area (Å²) in [6.45, 7) is 7.99. The smallest absolute Gasteiger partial charge is 0.334 e. The van der Waals surface area contributed by atoms with Crippen LogP contribution in [0.5, 0.6) is 0 Å². The second-order valence-electron chi connectivity index (χ2n) is 3.87. The fourth-order valence-electron chi connectivity index (χ4n) is 1.69. The first-order valence-corrected chi connectivity index (χ1v) is 5.15. The molecule has 2 nitrogen and oxygen atoms in total. The van der Waals surface area contributed by atoms with Crippen LogP contribution in [0.15, 0.2) is 22.8 Å². The number of rotatable bonds is 3. The largest absolute Gasteiger partial charge is 0.454 e. The fraction of sp³-hybridized carbons (Fsp3) is 0.583. The van der Waals surface area contributed by atoms with Crippen LogP contribution in [0, 0.1) is 0 Å². The van der Waals surface area contributed by atoms with Gasteiger partial charge in [-0.1, -0.05) is 25.0 Å². The molecule has 1 unspecified atom stereocenters. The van der Waals surface area contributed by atoms with E-state index in [9.17, 15) is 4.79 Å². The van der Waals surface area contributed by atoms with Crippen LogP contribution in [0.4, 0.5) is 0 Å². The van der Waals surface area contributed by atoms with Gasteiger partial charge in [-0.25, -0.2) is 4.79 Å². The molecule has 0 spiro atoms. The molecule has 0 amide bonds.